The lowest BCUT2D eigenvalue weighted by atomic mass is 9.95. The fourth-order valence-electron chi connectivity index (χ4n) is 4.29. The predicted molar refractivity (Wildman–Crippen MR) is 121 cm³/mol. The molecule has 2 fully saturated rings. The van der Waals surface area contributed by atoms with E-state index in [1.54, 1.807) is 35.4 Å². The highest BCUT2D eigenvalue weighted by molar-refractivity contribution is 5.96. The van der Waals surface area contributed by atoms with Gasteiger partial charge in [0.1, 0.15) is 5.82 Å². The summed E-state index contributed by atoms with van der Waals surface area (Å²) in [4.78, 5) is 47.9. The summed E-state index contributed by atoms with van der Waals surface area (Å²) < 4.78 is 0. The minimum absolute atomic E-state index is 0.0260. The van der Waals surface area contributed by atoms with E-state index in [1.165, 1.54) is 0 Å². The number of hydrogen-bond acceptors (Lipinski definition) is 5. The average Bonchev–Trinajstić information content (AvgIpc) is 2.88. The van der Waals surface area contributed by atoms with Crippen LogP contribution in [0.2, 0.25) is 0 Å². The molecule has 0 aliphatic carbocycles. The number of nitrogens with zero attached hydrogens (tertiary/aromatic N) is 4. The van der Waals surface area contributed by atoms with E-state index >= 15 is 0 Å². The normalized spacial score (nSPS) is 17.2. The lowest BCUT2D eigenvalue weighted by Gasteiger charge is -2.39. The first kappa shape index (κ1) is 21.8. The molecule has 2 aromatic rings. The molecule has 3 amide bonds. The summed E-state index contributed by atoms with van der Waals surface area (Å²) in [5.41, 5.74) is 0.535. The zero-order valence-corrected chi connectivity index (χ0v) is 18.2. The molecular formula is C24H29N5O3. The number of piperazine rings is 1. The Hall–Kier alpha value is -3.42. The van der Waals surface area contributed by atoms with Gasteiger partial charge in [0.15, 0.2) is 0 Å². The maximum atomic E-state index is 13.0. The molecule has 0 unspecified atom stereocenters. The van der Waals surface area contributed by atoms with E-state index in [-0.39, 0.29) is 30.2 Å². The molecule has 1 N–H and O–H groups in total. The summed E-state index contributed by atoms with van der Waals surface area (Å²) in [5.74, 6) is 0.735. The second-order valence-corrected chi connectivity index (χ2v) is 8.20. The molecule has 4 rings (SSSR count). The summed E-state index contributed by atoms with van der Waals surface area (Å²) >= 11 is 0. The summed E-state index contributed by atoms with van der Waals surface area (Å²) in [7, 11) is 0. The number of carbonyl (C=O) groups is 3. The van der Waals surface area contributed by atoms with Crippen LogP contribution in [0.1, 0.15) is 23.2 Å². The fraction of sp³-hybridized carbons (Fsp3) is 0.417. The number of anilines is 1. The van der Waals surface area contributed by atoms with E-state index in [0.29, 0.717) is 44.6 Å². The van der Waals surface area contributed by atoms with Crippen molar-refractivity contribution in [3.8, 4) is 0 Å². The number of benzene rings is 1. The first-order valence-corrected chi connectivity index (χ1v) is 11.2. The molecule has 2 saturated heterocycles. The number of amides is 3. The molecule has 0 atom stereocenters. The molecule has 1 aromatic carbocycles. The van der Waals surface area contributed by atoms with Crippen LogP contribution in [-0.4, -0.2) is 78.3 Å². The van der Waals surface area contributed by atoms with Crippen LogP contribution < -0.4 is 10.2 Å². The summed E-state index contributed by atoms with van der Waals surface area (Å²) in [6.07, 6.45) is 3.12. The molecule has 0 bridgehead atoms. The van der Waals surface area contributed by atoms with Crippen LogP contribution in [0.5, 0.6) is 0 Å². The van der Waals surface area contributed by atoms with Crippen molar-refractivity contribution >= 4 is 23.5 Å². The number of piperidine rings is 1. The van der Waals surface area contributed by atoms with E-state index in [0.717, 1.165) is 18.9 Å². The Morgan fingerprint density at radius 1 is 0.844 bits per heavy atom. The lowest BCUT2D eigenvalue weighted by molar-refractivity contribution is -0.140. The first-order valence-electron chi connectivity index (χ1n) is 11.2. The molecule has 32 heavy (non-hydrogen) atoms. The first-order chi connectivity index (χ1) is 15.6. The van der Waals surface area contributed by atoms with Crippen molar-refractivity contribution in [2.75, 3.05) is 50.7 Å². The van der Waals surface area contributed by atoms with Gasteiger partial charge in [0.05, 0.1) is 6.54 Å². The zero-order valence-electron chi connectivity index (χ0n) is 18.2. The Bertz CT molecular complexity index is 921. The van der Waals surface area contributed by atoms with Gasteiger partial charge in [-0.25, -0.2) is 4.98 Å². The van der Waals surface area contributed by atoms with Crippen LogP contribution in [0.25, 0.3) is 0 Å². The van der Waals surface area contributed by atoms with Gasteiger partial charge in [0.25, 0.3) is 5.91 Å². The predicted octanol–water partition coefficient (Wildman–Crippen LogP) is 1.40. The number of nitrogens with one attached hydrogen (secondary N) is 1. The van der Waals surface area contributed by atoms with E-state index in [9.17, 15) is 14.4 Å². The average molecular weight is 436 g/mol. The van der Waals surface area contributed by atoms with Crippen molar-refractivity contribution in [1.82, 2.24) is 20.1 Å². The van der Waals surface area contributed by atoms with Gasteiger partial charge in [-0.3, -0.25) is 14.4 Å². The summed E-state index contributed by atoms with van der Waals surface area (Å²) in [6, 6.07) is 14.7. The van der Waals surface area contributed by atoms with Gasteiger partial charge in [0.2, 0.25) is 11.8 Å². The molecule has 168 valence electrons. The Kier molecular flexibility index (Phi) is 6.99. The number of carbonyl (C=O) groups excluding carboxylic acids is 3. The van der Waals surface area contributed by atoms with Gasteiger partial charge >= 0.3 is 0 Å². The molecule has 2 aliphatic rings. The van der Waals surface area contributed by atoms with Crippen LogP contribution in [0.3, 0.4) is 0 Å². The van der Waals surface area contributed by atoms with Gasteiger partial charge in [-0.05, 0) is 37.1 Å². The molecule has 1 aromatic heterocycles. The van der Waals surface area contributed by atoms with Gasteiger partial charge in [-0.15, -0.1) is 0 Å². The van der Waals surface area contributed by atoms with Crippen molar-refractivity contribution in [3.63, 3.8) is 0 Å². The lowest BCUT2D eigenvalue weighted by Crippen LogP contribution is -2.52. The van der Waals surface area contributed by atoms with E-state index in [4.69, 9.17) is 0 Å². The van der Waals surface area contributed by atoms with Crippen molar-refractivity contribution in [2.24, 2.45) is 5.92 Å². The Morgan fingerprint density at radius 2 is 1.53 bits per heavy atom. The SMILES string of the molecule is O=C(NCC(=O)N1CCC(C(=O)N2CCN(c3ccccn3)CC2)CC1)c1ccccc1. The smallest absolute Gasteiger partial charge is 0.251 e. The van der Waals surface area contributed by atoms with Gasteiger partial charge in [0, 0.05) is 56.9 Å². The Balaban J connectivity index is 1.19. The van der Waals surface area contributed by atoms with E-state index in [1.807, 2.05) is 29.2 Å². The van der Waals surface area contributed by atoms with Crippen LogP contribution >= 0.6 is 0 Å². The van der Waals surface area contributed by atoms with Crippen LogP contribution in [0.15, 0.2) is 54.7 Å². The van der Waals surface area contributed by atoms with Gasteiger partial charge in [-0.2, -0.15) is 0 Å². The van der Waals surface area contributed by atoms with Crippen LogP contribution in [0, 0.1) is 5.92 Å². The number of hydrogen-bond donors (Lipinski definition) is 1. The molecule has 2 aliphatic heterocycles. The third-order valence-electron chi connectivity index (χ3n) is 6.20. The number of aromatic nitrogens is 1. The van der Waals surface area contributed by atoms with Crippen LogP contribution in [0.4, 0.5) is 5.82 Å². The zero-order chi connectivity index (χ0) is 22.3. The minimum Gasteiger partial charge on any atom is -0.353 e. The van der Waals surface area contributed by atoms with Gasteiger partial charge < -0.3 is 20.0 Å². The molecular weight excluding hydrogens is 406 g/mol. The number of likely N-dealkylation sites (tertiary alicyclic amines) is 1. The molecule has 3 heterocycles. The third kappa shape index (κ3) is 5.25. The molecule has 8 nitrogen and oxygen atoms in total. The number of pyridine rings is 1. The largest absolute Gasteiger partial charge is 0.353 e. The Morgan fingerprint density at radius 3 is 2.19 bits per heavy atom. The standard InChI is InChI=1S/C24H29N5O3/c30-22(18-26-23(31)19-6-2-1-3-7-19)28-12-9-20(10-13-28)24(32)29-16-14-27(15-17-29)21-8-4-5-11-25-21/h1-8,11,20H,9-10,12-18H2,(H,26,31). The monoisotopic (exact) mass is 435 g/mol. The van der Waals surface area contributed by atoms with E-state index < -0.39 is 0 Å². The summed E-state index contributed by atoms with van der Waals surface area (Å²) in [6.45, 7) is 4.01. The second kappa shape index (κ2) is 10.3. The van der Waals surface area contributed by atoms with Gasteiger partial charge in [-0.1, -0.05) is 24.3 Å². The van der Waals surface area contributed by atoms with Crippen molar-refractivity contribution in [2.45, 2.75) is 12.8 Å². The third-order valence-corrected chi connectivity index (χ3v) is 6.20. The fourth-order valence-corrected chi connectivity index (χ4v) is 4.29. The molecule has 0 spiro atoms. The summed E-state index contributed by atoms with van der Waals surface area (Å²) in [5, 5.41) is 2.68. The minimum atomic E-state index is -0.256. The maximum Gasteiger partial charge on any atom is 0.251 e. The maximum absolute atomic E-state index is 13.0. The molecule has 0 radical (unpaired) electrons. The van der Waals surface area contributed by atoms with Crippen molar-refractivity contribution in [3.05, 3.63) is 60.3 Å². The highest BCUT2D eigenvalue weighted by atomic mass is 16.2. The van der Waals surface area contributed by atoms with Crippen LogP contribution in [-0.2, 0) is 9.59 Å². The molecule has 8 heteroatoms. The highest BCUT2D eigenvalue weighted by Crippen LogP contribution is 2.21. The number of rotatable bonds is 5. The second-order valence-electron chi connectivity index (χ2n) is 8.20. The van der Waals surface area contributed by atoms with Crippen molar-refractivity contribution < 1.29 is 14.4 Å². The topological polar surface area (TPSA) is 85.8 Å². The molecule has 0 saturated carbocycles. The highest BCUT2D eigenvalue weighted by Gasteiger charge is 2.31. The quantitative estimate of drug-likeness (QED) is 0.767. The van der Waals surface area contributed by atoms with Crippen molar-refractivity contribution in [1.29, 1.82) is 0 Å². The Labute approximate surface area is 188 Å². The van der Waals surface area contributed by atoms with E-state index in [2.05, 4.69) is 15.2 Å².